The Kier molecular flexibility index (Phi) is 9.02. The number of methoxy groups -OCH3 is 1. The van der Waals surface area contributed by atoms with Gasteiger partial charge in [0.1, 0.15) is 0 Å². The Labute approximate surface area is 151 Å². The lowest BCUT2D eigenvalue weighted by molar-refractivity contribution is -0.146. The fourth-order valence-electron chi connectivity index (χ4n) is 3.97. The number of nitrogens with two attached hydrogens (primary N) is 1. The number of ether oxygens (including phenoxy) is 1. The molecule has 2 rings (SSSR count). The number of nitrogens with one attached hydrogen (secondary N) is 1. The van der Waals surface area contributed by atoms with Crippen molar-refractivity contribution in [3.05, 3.63) is 0 Å². The summed E-state index contributed by atoms with van der Waals surface area (Å²) < 4.78 is 5.22. The SMILES string of the molecule is COCCC1(C(=O)N2CCCC(C(=O)NCCN)C2)CCCC1.Cl. The van der Waals surface area contributed by atoms with Gasteiger partial charge in [-0.1, -0.05) is 12.8 Å². The van der Waals surface area contributed by atoms with Crippen molar-refractivity contribution < 1.29 is 14.3 Å². The summed E-state index contributed by atoms with van der Waals surface area (Å²) in [6.07, 6.45) is 6.68. The van der Waals surface area contributed by atoms with E-state index in [-0.39, 0.29) is 35.6 Å². The number of amides is 2. The number of carbonyl (C=O) groups excluding carboxylic acids is 2. The Morgan fingerprint density at radius 1 is 1.29 bits per heavy atom. The molecule has 6 nitrogen and oxygen atoms in total. The van der Waals surface area contributed by atoms with Crippen molar-refractivity contribution in [2.45, 2.75) is 44.9 Å². The molecule has 0 aromatic carbocycles. The maximum atomic E-state index is 13.1. The Bertz CT molecular complexity index is 414. The maximum absolute atomic E-state index is 13.1. The van der Waals surface area contributed by atoms with Crippen molar-refractivity contribution in [1.29, 1.82) is 0 Å². The third-order valence-corrected chi connectivity index (χ3v) is 5.32. The Balaban J connectivity index is 0.00000288. The number of nitrogens with zero attached hydrogens (tertiary/aromatic N) is 1. The van der Waals surface area contributed by atoms with Crippen LogP contribution in [-0.4, -0.2) is 56.6 Å². The van der Waals surface area contributed by atoms with Gasteiger partial charge in [-0.05, 0) is 32.1 Å². The van der Waals surface area contributed by atoms with Crippen molar-refractivity contribution >= 4 is 24.2 Å². The average Bonchev–Trinajstić information content (AvgIpc) is 3.07. The molecule has 7 heteroatoms. The van der Waals surface area contributed by atoms with Gasteiger partial charge in [0.05, 0.1) is 11.3 Å². The van der Waals surface area contributed by atoms with Gasteiger partial charge in [-0.25, -0.2) is 0 Å². The molecule has 24 heavy (non-hydrogen) atoms. The molecule has 1 heterocycles. The molecule has 2 fully saturated rings. The lowest BCUT2D eigenvalue weighted by Gasteiger charge is -2.38. The summed E-state index contributed by atoms with van der Waals surface area (Å²) in [5, 5.41) is 2.85. The molecule has 0 aromatic rings. The molecule has 1 atom stereocenters. The molecule has 1 aliphatic heterocycles. The summed E-state index contributed by atoms with van der Waals surface area (Å²) in [5.74, 6) is 0.175. The van der Waals surface area contributed by atoms with Crippen LogP contribution < -0.4 is 11.1 Å². The molecule has 0 spiro atoms. The van der Waals surface area contributed by atoms with Crippen LogP contribution in [0.2, 0.25) is 0 Å². The van der Waals surface area contributed by atoms with Crippen molar-refractivity contribution in [2.24, 2.45) is 17.1 Å². The number of rotatable bonds is 7. The molecule has 1 aliphatic carbocycles. The van der Waals surface area contributed by atoms with Gasteiger partial charge in [0.2, 0.25) is 11.8 Å². The van der Waals surface area contributed by atoms with Crippen molar-refractivity contribution in [3.63, 3.8) is 0 Å². The normalized spacial score (nSPS) is 22.8. The van der Waals surface area contributed by atoms with Crippen LogP contribution in [-0.2, 0) is 14.3 Å². The van der Waals surface area contributed by atoms with Gasteiger partial charge < -0.3 is 20.7 Å². The van der Waals surface area contributed by atoms with Crippen LogP contribution >= 0.6 is 12.4 Å². The molecule has 2 aliphatic rings. The highest BCUT2D eigenvalue weighted by molar-refractivity contribution is 5.85. The van der Waals surface area contributed by atoms with Gasteiger partial charge in [-0.2, -0.15) is 0 Å². The largest absolute Gasteiger partial charge is 0.385 e. The predicted octanol–water partition coefficient (Wildman–Crippen LogP) is 1.32. The molecule has 1 unspecified atom stereocenters. The second-order valence-corrected chi connectivity index (χ2v) is 6.90. The van der Waals surface area contributed by atoms with Crippen molar-refractivity contribution in [2.75, 3.05) is 39.9 Å². The number of carbonyl (C=O) groups is 2. The van der Waals surface area contributed by atoms with Gasteiger partial charge in [0.25, 0.3) is 0 Å². The topological polar surface area (TPSA) is 84.7 Å². The smallest absolute Gasteiger partial charge is 0.228 e. The number of hydrogen-bond acceptors (Lipinski definition) is 4. The lowest BCUT2D eigenvalue weighted by Crippen LogP contribution is -2.50. The van der Waals surface area contributed by atoms with E-state index in [0.717, 1.165) is 51.5 Å². The second kappa shape index (κ2) is 10.2. The van der Waals surface area contributed by atoms with Gasteiger partial charge in [0.15, 0.2) is 0 Å². The Morgan fingerprint density at radius 2 is 2.00 bits per heavy atom. The van der Waals surface area contributed by atoms with Crippen molar-refractivity contribution in [1.82, 2.24) is 10.2 Å². The summed E-state index contributed by atoms with van der Waals surface area (Å²) >= 11 is 0. The maximum Gasteiger partial charge on any atom is 0.228 e. The average molecular weight is 362 g/mol. The summed E-state index contributed by atoms with van der Waals surface area (Å²) in [4.78, 5) is 27.2. The molecule has 0 radical (unpaired) electrons. The van der Waals surface area contributed by atoms with Crippen LogP contribution in [0.1, 0.15) is 44.9 Å². The van der Waals surface area contributed by atoms with E-state index in [4.69, 9.17) is 10.5 Å². The first-order chi connectivity index (χ1) is 11.1. The molecule has 140 valence electrons. The van der Waals surface area contributed by atoms with Crippen LogP contribution in [0.5, 0.6) is 0 Å². The van der Waals surface area contributed by atoms with E-state index in [1.807, 2.05) is 4.90 Å². The standard InChI is InChI=1S/C17H31N3O3.ClH/c1-23-12-8-17(6-2-3-7-17)16(22)20-11-4-5-14(13-20)15(21)19-10-9-18;/h14H,2-13,18H2,1H3,(H,19,21);1H. The molecule has 2 amide bonds. The quantitative estimate of drug-likeness (QED) is 0.716. The van der Waals surface area contributed by atoms with E-state index in [0.29, 0.717) is 26.2 Å². The van der Waals surface area contributed by atoms with Crippen LogP contribution in [0.4, 0.5) is 0 Å². The van der Waals surface area contributed by atoms with Gasteiger partial charge >= 0.3 is 0 Å². The lowest BCUT2D eigenvalue weighted by atomic mass is 9.80. The number of piperidine rings is 1. The third-order valence-electron chi connectivity index (χ3n) is 5.32. The van der Waals surface area contributed by atoms with E-state index in [2.05, 4.69) is 5.32 Å². The highest BCUT2D eigenvalue weighted by atomic mass is 35.5. The minimum Gasteiger partial charge on any atom is -0.385 e. The summed E-state index contributed by atoms with van der Waals surface area (Å²) in [5.41, 5.74) is 5.18. The van der Waals surface area contributed by atoms with Crippen LogP contribution in [0.25, 0.3) is 0 Å². The summed E-state index contributed by atoms with van der Waals surface area (Å²) in [6.45, 7) is 2.89. The van der Waals surface area contributed by atoms with Gasteiger partial charge in [-0.15, -0.1) is 12.4 Å². The molecule has 0 bridgehead atoms. The van der Waals surface area contributed by atoms with E-state index < -0.39 is 0 Å². The first-order valence-electron chi connectivity index (χ1n) is 8.89. The fraction of sp³-hybridized carbons (Fsp3) is 0.882. The minimum atomic E-state index is -0.258. The van der Waals surface area contributed by atoms with Crippen LogP contribution in [0, 0.1) is 11.3 Å². The minimum absolute atomic E-state index is 0. The van der Waals surface area contributed by atoms with E-state index in [1.165, 1.54) is 0 Å². The van der Waals surface area contributed by atoms with Gasteiger partial charge in [-0.3, -0.25) is 9.59 Å². The first kappa shape index (κ1) is 21.2. The summed E-state index contributed by atoms with van der Waals surface area (Å²) in [6, 6.07) is 0. The highest BCUT2D eigenvalue weighted by Crippen LogP contribution is 2.43. The molecule has 0 aromatic heterocycles. The zero-order chi connectivity index (χ0) is 16.7. The first-order valence-corrected chi connectivity index (χ1v) is 8.89. The van der Waals surface area contributed by atoms with E-state index in [9.17, 15) is 9.59 Å². The number of likely N-dealkylation sites (tertiary alicyclic amines) is 1. The zero-order valence-corrected chi connectivity index (χ0v) is 15.5. The molecule has 3 N–H and O–H groups in total. The van der Waals surface area contributed by atoms with E-state index >= 15 is 0 Å². The van der Waals surface area contributed by atoms with Gasteiger partial charge in [0, 0.05) is 39.9 Å². The zero-order valence-electron chi connectivity index (χ0n) is 14.7. The van der Waals surface area contributed by atoms with Crippen LogP contribution in [0.15, 0.2) is 0 Å². The Morgan fingerprint density at radius 3 is 2.62 bits per heavy atom. The molecular formula is C17H32ClN3O3. The summed E-state index contributed by atoms with van der Waals surface area (Å²) in [7, 11) is 1.69. The molecule has 1 saturated carbocycles. The number of halogens is 1. The predicted molar refractivity (Wildman–Crippen MR) is 96.0 cm³/mol. The highest BCUT2D eigenvalue weighted by Gasteiger charge is 2.44. The molecular weight excluding hydrogens is 330 g/mol. The Hall–Kier alpha value is -0.850. The number of hydrogen-bond donors (Lipinski definition) is 2. The fourth-order valence-corrected chi connectivity index (χ4v) is 3.97. The monoisotopic (exact) mass is 361 g/mol. The van der Waals surface area contributed by atoms with Crippen LogP contribution in [0.3, 0.4) is 0 Å². The third kappa shape index (κ3) is 5.07. The van der Waals surface area contributed by atoms with E-state index in [1.54, 1.807) is 7.11 Å². The molecule has 1 saturated heterocycles. The van der Waals surface area contributed by atoms with Crippen molar-refractivity contribution in [3.8, 4) is 0 Å². The second-order valence-electron chi connectivity index (χ2n) is 6.90.